The van der Waals surface area contributed by atoms with Crippen LogP contribution in [0.2, 0.25) is 0 Å². The van der Waals surface area contributed by atoms with E-state index in [0.717, 1.165) is 24.2 Å². The molecule has 0 bridgehead atoms. The van der Waals surface area contributed by atoms with Crippen LogP contribution in [0.5, 0.6) is 0 Å². The fourth-order valence-corrected chi connectivity index (χ4v) is 1.59. The summed E-state index contributed by atoms with van der Waals surface area (Å²) in [5, 5.41) is 0. The van der Waals surface area contributed by atoms with Crippen LogP contribution in [0.15, 0.2) is 24.5 Å². The van der Waals surface area contributed by atoms with Crippen LogP contribution in [-0.4, -0.2) is 19.9 Å². The van der Waals surface area contributed by atoms with Gasteiger partial charge < -0.3 is 5.73 Å². The molecular formula is C12H15N5. The zero-order chi connectivity index (χ0) is 12.1. The standard InChI is InChI=1S/C12H15N5/c1-2-3-10-15-11(17-12(13)16-10)8-9-4-6-14-7-5-9/h4-7H,2-3,8H2,1H3,(H2,13,15,16,17). The highest BCUT2D eigenvalue weighted by Gasteiger charge is 2.04. The van der Waals surface area contributed by atoms with Crippen LogP contribution < -0.4 is 5.73 Å². The maximum atomic E-state index is 5.67. The van der Waals surface area contributed by atoms with Crippen molar-refractivity contribution in [2.24, 2.45) is 0 Å². The molecule has 0 radical (unpaired) electrons. The van der Waals surface area contributed by atoms with E-state index in [0.29, 0.717) is 18.2 Å². The molecular weight excluding hydrogens is 214 g/mol. The quantitative estimate of drug-likeness (QED) is 0.857. The third-order valence-corrected chi connectivity index (χ3v) is 2.33. The van der Waals surface area contributed by atoms with Crippen molar-refractivity contribution in [2.75, 3.05) is 5.73 Å². The number of nitrogens with zero attached hydrogens (tertiary/aromatic N) is 4. The van der Waals surface area contributed by atoms with Crippen molar-refractivity contribution in [1.82, 2.24) is 19.9 Å². The number of anilines is 1. The molecule has 2 heterocycles. The summed E-state index contributed by atoms with van der Waals surface area (Å²) in [4.78, 5) is 16.6. The molecule has 0 saturated carbocycles. The second kappa shape index (κ2) is 5.34. The van der Waals surface area contributed by atoms with E-state index in [1.165, 1.54) is 0 Å². The maximum Gasteiger partial charge on any atom is 0.223 e. The van der Waals surface area contributed by atoms with E-state index >= 15 is 0 Å². The van der Waals surface area contributed by atoms with Gasteiger partial charge in [-0.1, -0.05) is 6.92 Å². The molecule has 5 heteroatoms. The summed E-state index contributed by atoms with van der Waals surface area (Å²) in [6.07, 6.45) is 6.00. The summed E-state index contributed by atoms with van der Waals surface area (Å²) < 4.78 is 0. The summed E-state index contributed by atoms with van der Waals surface area (Å²) in [6, 6.07) is 3.89. The second-order valence-electron chi connectivity index (χ2n) is 3.81. The molecule has 17 heavy (non-hydrogen) atoms. The van der Waals surface area contributed by atoms with Crippen molar-refractivity contribution >= 4 is 5.95 Å². The Kier molecular flexibility index (Phi) is 3.59. The first-order chi connectivity index (χ1) is 8.28. The molecule has 0 unspecified atom stereocenters. The van der Waals surface area contributed by atoms with Crippen LogP contribution in [0, 0.1) is 0 Å². The highest BCUT2D eigenvalue weighted by atomic mass is 15.1. The zero-order valence-electron chi connectivity index (χ0n) is 9.80. The van der Waals surface area contributed by atoms with Crippen LogP contribution >= 0.6 is 0 Å². The minimum Gasteiger partial charge on any atom is -0.368 e. The first kappa shape index (κ1) is 11.4. The van der Waals surface area contributed by atoms with E-state index in [1.54, 1.807) is 12.4 Å². The minimum absolute atomic E-state index is 0.299. The van der Waals surface area contributed by atoms with Gasteiger partial charge in [0.2, 0.25) is 5.95 Å². The Labute approximate surface area is 100 Å². The molecule has 88 valence electrons. The molecule has 0 saturated heterocycles. The van der Waals surface area contributed by atoms with Crippen molar-refractivity contribution in [3.8, 4) is 0 Å². The van der Waals surface area contributed by atoms with Crippen molar-refractivity contribution in [3.63, 3.8) is 0 Å². The van der Waals surface area contributed by atoms with Gasteiger partial charge in [0.15, 0.2) is 0 Å². The molecule has 0 fully saturated rings. The zero-order valence-corrected chi connectivity index (χ0v) is 9.80. The van der Waals surface area contributed by atoms with E-state index in [4.69, 9.17) is 5.73 Å². The minimum atomic E-state index is 0.299. The smallest absolute Gasteiger partial charge is 0.223 e. The lowest BCUT2D eigenvalue weighted by Gasteiger charge is -2.04. The average molecular weight is 229 g/mol. The Hall–Kier alpha value is -2.04. The molecule has 0 aliphatic rings. The van der Waals surface area contributed by atoms with Crippen molar-refractivity contribution in [1.29, 1.82) is 0 Å². The molecule has 0 aliphatic carbocycles. The summed E-state index contributed by atoms with van der Waals surface area (Å²) >= 11 is 0. The van der Waals surface area contributed by atoms with Crippen LogP contribution in [0.1, 0.15) is 30.6 Å². The molecule has 0 aromatic carbocycles. The normalized spacial score (nSPS) is 10.4. The summed E-state index contributed by atoms with van der Waals surface area (Å²) in [5.41, 5.74) is 6.79. The number of pyridine rings is 1. The Morgan fingerprint density at radius 3 is 2.47 bits per heavy atom. The summed E-state index contributed by atoms with van der Waals surface area (Å²) in [5.74, 6) is 1.78. The van der Waals surface area contributed by atoms with Gasteiger partial charge in [0, 0.05) is 25.2 Å². The van der Waals surface area contributed by atoms with Crippen LogP contribution in [0.25, 0.3) is 0 Å². The molecule has 2 aromatic heterocycles. The number of hydrogen-bond acceptors (Lipinski definition) is 5. The SMILES string of the molecule is CCCc1nc(N)nc(Cc2ccncc2)n1. The third kappa shape index (κ3) is 3.21. The number of hydrogen-bond donors (Lipinski definition) is 1. The maximum absolute atomic E-state index is 5.67. The highest BCUT2D eigenvalue weighted by Crippen LogP contribution is 2.06. The predicted octanol–water partition coefficient (Wildman–Crippen LogP) is 1.39. The van der Waals surface area contributed by atoms with E-state index in [9.17, 15) is 0 Å². The molecule has 2 aromatic rings. The molecule has 0 aliphatic heterocycles. The number of nitrogens with two attached hydrogens (primary N) is 1. The molecule has 0 amide bonds. The molecule has 0 spiro atoms. The van der Waals surface area contributed by atoms with Gasteiger partial charge in [-0.2, -0.15) is 9.97 Å². The van der Waals surface area contributed by atoms with Gasteiger partial charge in [0.25, 0.3) is 0 Å². The van der Waals surface area contributed by atoms with Crippen LogP contribution in [-0.2, 0) is 12.8 Å². The van der Waals surface area contributed by atoms with Gasteiger partial charge in [0.05, 0.1) is 0 Å². The van der Waals surface area contributed by atoms with Crippen molar-refractivity contribution in [3.05, 3.63) is 41.7 Å². The third-order valence-electron chi connectivity index (χ3n) is 2.33. The Morgan fingerprint density at radius 1 is 1.06 bits per heavy atom. The first-order valence-electron chi connectivity index (χ1n) is 5.66. The monoisotopic (exact) mass is 229 g/mol. The van der Waals surface area contributed by atoms with Gasteiger partial charge in [0.1, 0.15) is 11.6 Å². The highest BCUT2D eigenvalue weighted by molar-refractivity contribution is 5.20. The van der Waals surface area contributed by atoms with Gasteiger partial charge in [-0.25, -0.2) is 4.98 Å². The van der Waals surface area contributed by atoms with Gasteiger partial charge in [-0.3, -0.25) is 4.98 Å². The van der Waals surface area contributed by atoms with E-state index in [2.05, 4.69) is 26.9 Å². The number of rotatable bonds is 4. The second-order valence-corrected chi connectivity index (χ2v) is 3.81. The fourth-order valence-electron chi connectivity index (χ4n) is 1.59. The lowest BCUT2D eigenvalue weighted by atomic mass is 10.2. The van der Waals surface area contributed by atoms with Gasteiger partial charge in [-0.15, -0.1) is 0 Å². The Balaban J connectivity index is 2.21. The summed E-state index contributed by atoms with van der Waals surface area (Å²) in [7, 11) is 0. The Morgan fingerprint density at radius 2 is 1.76 bits per heavy atom. The average Bonchev–Trinajstić information content (AvgIpc) is 2.30. The van der Waals surface area contributed by atoms with E-state index in [1.807, 2.05) is 12.1 Å². The van der Waals surface area contributed by atoms with E-state index in [-0.39, 0.29) is 0 Å². The van der Waals surface area contributed by atoms with Gasteiger partial charge in [-0.05, 0) is 24.1 Å². The Bertz CT molecular complexity index is 484. The largest absolute Gasteiger partial charge is 0.368 e. The molecule has 2 N–H and O–H groups in total. The van der Waals surface area contributed by atoms with E-state index < -0.39 is 0 Å². The van der Waals surface area contributed by atoms with Crippen molar-refractivity contribution < 1.29 is 0 Å². The topological polar surface area (TPSA) is 77.6 Å². The number of nitrogen functional groups attached to an aromatic ring is 1. The van der Waals surface area contributed by atoms with Crippen molar-refractivity contribution in [2.45, 2.75) is 26.2 Å². The molecule has 5 nitrogen and oxygen atoms in total. The fraction of sp³-hybridized carbons (Fsp3) is 0.333. The van der Waals surface area contributed by atoms with Gasteiger partial charge >= 0.3 is 0 Å². The van der Waals surface area contributed by atoms with Crippen LogP contribution in [0.4, 0.5) is 5.95 Å². The van der Waals surface area contributed by atoms with Crippen LogP contribution in [0.3, 0.4) is 0 Å². The summed E-state index contributed by atoms with van der Waals surface area (Å²) in [6.45, 7) is 2.09. The first-order valence-corrected chi connectivity index (χ1v) is 5.66. The number of aryl methyl sites for hydroxylation is 1. The lowest BCUT2D eigenvalue weighted by Crippen LogP contribution is -2.07. The number of aromatic nitrogens is 4. The molecule has 2 rings (SSSR count). The predicted molar refractivity (Wildman–Crippen MR) is 65.3 cm³/mol. The lowest BCUT2D eigenvalue weighted by molar-refractivity contribution is 0.792. The molecule has 0 atom stereocenters.